The van der Waals surface area contributed by atoms with E-state index in [-0.39, 0.29) is 5.91 Å². The number of anilines is 1. The average molecular weight is 480 g/mol. The van der Waals surface area contributed by atoms with Gasteiger partial charge in [0.15, 0.2) is 5.13 Å². The molecule has 6 heteroatoms. The van der Waals surface area contributed by atoms with Gasteiger partial charge in [0.1, 0.15) is 0 Å². The fourth-order valence-corrected chi connectivity index (χ4v) is 4.01. The van der Waals surface area contributed by atoms with E-state index >= 15 is 0 Å². The van der Waals surface area contributed by atoms with E-state index in [4.69, 9.17) is 0 Å². The van der Waals surface area contributed by atoms with Gasteiger partial charge in [-0.25, -0.2) is 4.98 Å². The fourth-order valence-electron chi connectivity index (χ4n) is 2.41. The van der Waals surface area contributed by atoms with Gasteiger partial charge < -0.3 is 0 Å². The smallest absolute Gasteiger partial charge is 0.257 e. The van der Waals surface area contributed by atoms with E-state index < -0.39 is 0 Å². The molecule has 0 bridgehead atoms. The van der Waals surface area contributed by atoms with Crippen LogP contribution in [-0.4, -0.2) is 10.9 Å². The first-order chi connectivity index (χ1) is 12.1. The highest BCUT2D eigenvalue weighted by Crippen LogP contribution is 2.33. The van der Waals surface area contributed by atoms with Gasteiger partial charge >= 0.3 is 0 Å². The molecule has 0 atom stereocenters. The zero-order valence-corrected chi connectivity index (χ0v) is 17.5. The molecule has 1 aromatic heterocycles. The minimum absolute atomic E-state index is 0.147. The van der Waals surface area contributed by atoms with E-state index in [0.717, 1.165) is 33.0 Å². The minimum atomic E-state index is -0.147. The van der Waals surface area contributed by atoms with Crippen LogP contribution in [-0.2, 0) is 6.42 Å². The van der Waals surface area contributed by atoms with Crippen molar-refractivity contribution in [3.05, 3.63) is 67.9 Å². The van der Waals surface area contributed by atoms with Crippen LogP contribution in [0, 0.1) is 0 Å². The van der Waals surface area contributed by atoms with Gasteiger partial charge in [0.05, 0.1) is 5.69 Å². The molecule has 0 spiro atoms. The molecule has 3 nitrogen and oxygen atoms in total. The average Bonchev–Trinajstić information content (AvgIpc) is 2.99. The predicted octanol–water partition coefficient (Wildman–Crippen LogP) is 6.54. The van der Waals surface area contributed by atoms with E-state index in [1.165, 1.54) is 4.88 Å². The molecular formula is C19H16Br2N2OS. The van der Waals surface area contributed by atoms with Crippen molar-refractivity contribution >= 4 is 54.2 Å². The number of hydrogen-bond acceptors (Lipinski definition) is 3. The number of benzene rings is 2. The molecule has 0 aliphatic heterocycles. The number of halogens is 2. The first-order valence-electron chi connectivity index (χ1n) is 7.89. The third kappa shape index (κ3) is 4.57. The Labute approximate surface area is 167 Å². The third-order valence-electron chi connectivity index (χ3n) is 3.62. The number of thiazole rings is 1. The highest BCUT2D eigenvalue weighted by atomic mass is 79.9. The summed E-state index contributed by atoms with van der Waals surface area (Å²) in [5.41, 5.74) is 2.62. The predicted molar refractivity (Wildman–Crippen MR) is 111 cm³/mol. The lowest BCUT2D eigenvalue weighted by Gasteiger charge is -2.02. The Morgan fingerprint density at radius 3 is 2.24 bits per heavy atom. The number of nitrogens with zero attached hydrogens (tertiary/aromatic N) is 1. The molecule has 0 aliphatic carbocycles. The second-order valence-corrected chi connectivity index (χ2v) is 8.42. The zero-order valence-electron chi connectivity index (χ0n) is 13.6. The Balaban J connectivity index is 1.87. The van der Waals surface area contributed by atoms with Crippen molar-refractivity contribution in [2.24, 2.45) is 0 Å². The number of nitrogens with one attached hydrogen (secondary N) is 1. The normalized spacial score (nSPS) is 10.7. The van der Waals surface area contributed by atoms with E-state index in [2.05, 4.69) is 49.1 Å². The number of carbonyl (C=O) groups excluding carboxylic acids is 1. The van der Waals surface area contributed by atoms with Crippen LogP contribution < -0.4 is 5.32 Å². The van der Waals surface area contributed by atoms with Gasteiger partial charge in [-0.3, -0.25) is 10.1 Å². The molecule has 128 valence electrons. The lowest BCUT2D eigenvalue weighted by atomic mass is 10.1. The van der Waals surface area contributed by atoms with Crippen LogP contribution in [0.3, 0.4) is 0 Å². The molecule has 1 amide bonds. The molecule has 1 N–H and O–H groups in total. The molecule has 0 saturated heterocycles. The van der Waals surface area contributed by atoms with Gasteiger partial charge in [0, 0.05) is 24.9 Å². The highest BCUT2D eigenvalue weighted by molar-refractivity contribution is 9.10. The Kier molecular flexibility index (Phi) is 6.04. The summed E-state index contributed by atoms with van der Waals surface area (Å²) in [6, 6.07) is 15.4. The second-order valence-electron chi connectivity index (χ2n) is 5.51. The maximum absolute atomic E-state index is 12.4. The van der Waals surface area contributed by atoms with Gasteiger partial charge in [-0.2, -0.15) is 0 Å². The summed E-state index contributed by atoms with van der Waals surface area (Å²) in [4.78, 5) is 18.3. The Morgan fingerprint density at radius 2 is 1.64 bits per heavy atom. The van der Waals surface area contributed by atoms with Gasteiger partial charge in [-0.15, -0.1) is 11.3 Å². The van der Waals surface area contributed by atoms with Crippen LogP contribution in [0.1, 0.15) is 28.6 Å². The monoisotopic (exact) mass is 478 g/mol. The molecule has 2 aromatic carbocycles. The van der Waals surface area contributed by atoms with Gasteiger partial charge in [-0.1, -0.05) is 57.3 Å². The summed E-state index contributed by atoms with van der Waals surface area (Å²) >= 11 is 8.38. The van der Waals surface area contributed by atoms with Crippen molar-refractivity contribution in [2.75, 3.05) is 5.32 Å². The highest BCUT2D eigenvalue weighted by Gasteiger charge is 2.15. The molecule has 0 saturated carbocycles. The fraction of sp³-hybridized carbons (Fsp3) is 0.158. The summed E-state index contributed by atoms with van der Waals surface area (Å²) in [5, 5.41) is 3.56. The summed E-state index contributed by atoms with van der Waals surface area (Å²) in [7, 11) is 0. The molecule has 3 rings (SSSR count). The summed E-state index contributed by atoms with van der Waals surface area (Å²) in [5.74, 6) is -0.147. The van der Waals surface area contributed by atoms with Gasteiger partial charge in [0.25, 0.3) is 5.91 Å². The van der Waals surface area contributed by atoms with Crippen LogP contribution in [0.2, 0.25) is 0 Å². The van der Waals surface area contributed by atoms with Crippen molar-refractivity contribution in [1.29, 1.82) is 0 Å². The maximum atomic E-state index is 12.4. The van der Waals surface area contributed by atoms with E-state index in [1.54, 1.807) is 23.5 Å². The van der Waals surface area contributed by atoms with Crippen molar-refractivity contribution in [1.82, 2.24) is 4.98 Å². The molecular weight excluding hydrogens is 464 g/mol. The quantitative estimate of drug-likeness (QED) is 0.451. The van der Waals surface area contributed by atoms with E-state index in [9.17, 15) is 4.79 Å². The molecule has 3 aromatic rings. The first-order valence-corrected chi connectivity index (χ1v) is 10.3. The van der Waals surface area contributed by atoms with Crippen LogP contribution in [0.25, 0.3) is 11.3 Å². The first kappa shape index (κ1) is 18.3. The van der Waals surface area contributed by atoms with Crippen LogP contribution >= 0.6 is 43.2 Å². The Hall–Kier alpha value is -1.50. The lowest BCUT2D eigenvalue weighted by molar-refractivity contribution is 0.102. The third-order valence-corrected chi connectivity index (χ3v) is 5.71. The van der Waals surface area contributed by atoms with Crippen LogP contribution in [0.4, 0.5) is 5.13 Å². The van der Waals surface area contributed by atoms with E-state index in [1.807, 2.05) is 36.4 Å². The lowest BCUT2D eigenvalue weighted by Crippen LogP contribution is -2.11. The SMILES string of the molecule is CCCc1sc(NC(=O)c2ccc(Br)cc2)nc1-c1ccc(Br)cc1. The van der Waals surface area contributed by atoms with Gasteiger partial charge in [-0.05, 0) is 42.8 Å². The van der Waals surface area contributed by atoms with Crippen LogP contribution in [0.15, 0.2) is 57.5 Å². The number of amides is 1. The van der Waals surface area contributed by atoms with Crippen molar-refractivity contribution in [3.63, 3.8) is 0 Å². The largest absolute Gasteiger partial charge is 0.298 e. The zero-order chi connectivity index (χ0) is 17.8. The number of rotatable bonds is 5. The summed E-state index contributed by atoms with van der Waals surface area (Å²) in [6.07, 6.45) is 1.98. The molecule has 0 aliphatic rings. The second kappa shape index (κ2) is 8.25. The van der Waals surface area contributed by atoms with Crippen molar-refractivity contribution in [2.45, 2.75) is 19.8 Å². The standard InChI is InChI=1S/C19H16Br2N2OS/c1-2-3-16-17(12-4-8-14(20)9-5-12)22-19(25-16)23-18(24)13-6-10-15(21)11-7-13/h4-11H,2-3H2,1H3,(H,22,23,24). The summed E-state index contributed by atoms with van der Waals surface area (Å²) < 4.78 is 1.98. The molecule has 0 unspecified atom stereocenters. The molecule has 0 fully saturated rings. The number of aryl methyl sites for hydroxylation is 1. The Morgan fingerprint density at radius 1 is 1.04 bits per heavy atom. The van der Waals surface area contributed by atoms with Crippen molar-refractivity contribution in [3.8, 4) is 11.3 Å². The minimum Gasteiger partial charge on any atom is -0.298 e. The molecule has 25 heavy (non-hydrogen) atoms. The number of hydrogen-bond donors (Lipinski definition) is 1. The van der Waals surface area contributed by atoms with Gasteiger partial charge in [0.2, 0.25) is 0 Å². The molecule has 0 radical (unpaired) electrons. The topological polar surface area (TPSA) is 42.0 Å². The number of carbonyl (C=O) groups is 1. The van der Waals surface area contributed by atoms with Crippen molar-refractivity contribution < 1.29 is 4.79 Å². The Bertz CT molecular complexity index is 873. The van der Waals surface area contributed by atoms with Crippen LogP contribution in [0.5, 0.6) is 0 Å². The summed E-state index contributed by atoms with van der Waals surface area (Å²) in [6.45, 7) is 2.14. The molecule has 1 heterocycles. The number of aromatic nitrogens is 1. The maximum Gasteiger partial charge on any atom is 0.257 e. The van der Waals surface area contributed by atoms with E-state index in [0.29, 0.717) is 10.7 Å².